The number of aliphatic hydroxyl groups is 1. The van der Waals surface area contributed by atoms with Crippen LogP contribution < -0.4 is 11.2 Å². The molecule has 1 saturated heterocycles. The Morgan fingerprint density at radius 3 is 2.54 bits per heavy atom. The lowest BCUT2D eigenvalue weighted by Gasteiger charge is -2.19. The van der Waals surface area contributed by atoms with Crippen molar-refractivity contribution in [2.24, 2.45) is 0 Å². The highest BCUT2D eigenvalue weighted by Crippen LogP contribution is 2.40. The molecule has 0 amide bonds. The maximum atomic E-state index is 13.4. The molecule has 1 aromatic heterocycles. The van der Waals surface area contributed by atoms with E-state index in [-0.39, 0.29) is 13.0 Å². The minimum atomic E-state index is -1.51. The fourth-order valence-electron chi connectivity index (χ4n) is 2.20. The zero-order valence-corrected chi connectivity index (χ0v) is 16.3. The topological polar surface area (TPSA) is 112 Å². The molecular weight excluding hydrogens is 394 g/mol. The number of nitrogens with zero attached hydrogens (tertiary/aromatic N) is 1. The summed E-state index contributed by atoms with van der Waals surface area (Å²) in [5, 5.41) is 10.1. The van der Waals surface area contributed by atoms with E-state index in [0.29, 0.717) is 19.4 Å². The van der Waals surface area contributed by atoms with Crippen LogP contribution in [0.2, 0.25) is 0 Å². The Balaban J connectivity index is 0.00000163. The number of rotatable bonds is 8. The van der Waals surface area contributed by atoms with Crippen LogP contribution in [0.1, 0.15) is 26.5 Å². The number of nitrogens with one attached hydrogen (secondary N) is 1. The lowest BCUT2D eigenvalue weighted by Crippen LogP contribution is -2.36. The molecular formula is C14H23ClFN2O7P. The van der Waals surface area contributed by atoms with Gasteiger partial charge in [-0.2, -0.15) is 4.39 Å². The summed E-state index contributed by atoms with van der Waals surface area (Å²) in [6, 6.07) is 0. The number of alkyl halides is 1. The summed E-state index contributed by atoms with van der Waals surface area (Å²) in [6.45, 7) is 4.55. The SMILES string of the molecule is CCOP(OCC)OCC1CC(O)C(n2cc(F)c(=O)[nH]c2=O)O1.CCl. The van der Waals surface area contributed by atoms with E-state index < -0.39 is 44.1 Å². The number of hydrogen-bond donors (Lipinski definition) is 2. The van der Waals surface area contributed by atoms with Gasteiger partial charge in [-0.05, 0) is 13.8 Å². The van der Waals surface area contributed by atoms with Crippen molar-refractivity contribution in [3.8, 4) is 0 Å². The van der Waals surface area contributed by atoms with Gasteiger partial charge < -0.3 is 23.4 Å². The summed E-state index contributed by atoms with van der Waals surface area (Å²) in [5.41, 5.74) is -1.99. The Labute approximate surface area is 156 Å². The van der Waals surface area contributed by atoms with Crippen LogP contribution in [0, 0.1) is 5.82 Å². The van der Waals surface area contributed by atoms with Crippen molar-refractivity contribution >= 4 is 20.2 Å². The van der Waals surface area contributed by atoms with E-state index in [1.54, 1.807) is 13.8 Å². The first-order chi connectivity index (χ1) is 12.5. The minimum absolute atomic E-state index is 0.0832. The van der Waals surface area contributed by atoms with Crippen molar-refractivity contribution < 1.29 is 27.8 Å². The maximum Gasteiger partial charge on any atom is 0.332 e. The van der Waals surface area contributed by atoms with E-state index in [1.807, 2.05) is 4.98 Å². The van der Waals surface area contributed by atoms with Crippen molar-refractivity contribution in [2.75, 3.05) is 26.2 Å². The molecule has 2 rings (SSSR count). The Morgan fingerprint density at radius 2 is 1.96 bits per heavy atom. The molecule has 3 unspecified atom stereocenters. The van der Waals surface area contributed by atoms with E-state index in [9.17, 15) is 19.1 Å². The second-order valence-corrected chi connectivity index (χ2v) is 6.17. The Kier molecular flexibility index (Phi) is 10.5. The number of aliphatic hydroxyl groups excluding tert-OH is 1. The molecule has 0 aliphatic carbocycles. The lowest BCUT2D eigenvalue weighted by atomic mass is 10.2. The van der Waals surface area contributed by atoms with Gasteiger partial charge in [-0.1, -0.05) is 0 Å². The van der Waals surface area contributed by atoms with Crippen molar-refractivity contribution in [2.45, 2.75) is 38.7 Å². The highest BCUT2D eigenvalue weighted by Gasteiger charge is 2.36. The van der Waals surface area contributed by atoms with Crippen LogP contribution >= 0.6 is 20.2 Å². The van der Waals surface area contributed by atoms with Gasteiger partial charge in [0.15, 0.2) is 6.23 Å². The first-order valence-corrected chi connectivity index (χ1v) is 9.72. The largest absolute Gasteiger partial charge is 0.388 e. The number of aromatic amines is 1. The highest BCUT2D eigenvalue weighted by atomic mass is 35.5. The first-order valence-electron chi connectivity index (χ1n) is 7.87. The Bertz CT molecular complexity index is 653. The molecule has 12 heteroatoms. The first kappa shape index (κ1) is 23.2. The number of halogens is 2. The molecule has 150 valence electrons. The van der Waals surface area contributed by atoms with Crippen molar-refractivity contribution in [1.29, 1.82) is 0 Å². The van der Waals surface area contributed by atoms with E-state index in [1.165, 1.54) is 6.38 Å². The normalized spacial score (nSPS) is 22.3. The second-order valence-electron chi connectivity index (χ2n) is 4.95. The van der Waals surface area contributed by atoms with Gasteiger partial charge in [-0.15, -0.1) is 11.6 Å². The van der Waals surface area contributed by atoms with Crippen LogP contribution in [0.4, 0.5) is 4.39 Å². The predicted molar refractivity (Wildman–Crippen MR) is 93.7 cm³/mol. The number of ether oxygens (including phenoxy) is 1. The molecule has 3 atom stereocenters. The summed E-state index contributed by atoms with van der Waals surface area (Å²) < 4.78 is 35.8. The molecule has 0 saturated carbocycles. The summed E-state index contributed by atoms with van der Waals surface area (Å²) in [4.78, 5) is 24.6. The molecule has 0 bridgehead atoms. The number of hydrogen-bond acceptors (Lipinski definition) is 7. The highest BCUT2D eigenvalue weighted by molar-refractivity contribution is 7.41. The summed E-state index contributed by atoms with van der Waals surface area (Å²) in [7, 11) is -1.51. The monoisotopic (exact) mass is 416 g/mol. The van der Waals surface area contributed by atoms with E-state index in [0.717, 1.165) is 4.57 Å². The Hall–Kier alpha value is -0.870. The van der Waals surface area contributed by atoms with Crippen LogP contribution in [0.25, 0.3) is 0 Å². The van der Waals surface area contributed by atoms with Crippen molar-refractivity contribution in [1.82, 2.24) is 9.55 Å². The fraction of sp³-hybridized carbons (Fsp3) is 0.714. The van der Waals surface area contributed by atoms with Gasteiger partial charge in [0.1, 0.15) is 6.10 Å². The summed E-state index contributed by atoms with van der Waals surface area (Å²) >= 11 is 4.64. The van der Waals surface area contributed by atoms with Gasteiger partial charge in [-0.3, -0.25) is 14.3 Å². The molecule has 26 heavy (non-hydrogen) atoms. The summed E-state index contributed by atoms with van der Waals surface area (Å²) in [5.74, 6) is -1.14. The van der Waals surface area contributed by atoms with Crippen LogP contribution in [0.15, 0.2) is 15.8 Å². The number of aromatic nitrogens is 2. The van der Waals surface area contributed by atoms with E-state index >= 15 is 0 Å². The third-order valence-electron chi connectivity index (χ3n) is 3.20. The van der Waals surface area contributed by atoms with Crippen LogP contribution in [0.3, 0.4) is 0 Å². The van der Waals surface area contributed by atoms with Gasteiger partial charge in [0.05, 0.1) is 32.1 Å². The molecule has 9 nitrogen and oxygen atoms in total. The van der Waals surface area contributed by atoms with E-state index in [2.05, 4.69) is 11.6 Å². The van der Waals surface area contributed by atoms with Crippen LogP contribution in [-0.4, -0.2) is 53.1 Å². The maximum absolute atomic E-state index is 13.4. The average Bonchev–Trinajstić information content (AvgIpc) is 2.99. The van der Waals surface area contributed by atoms with Gasteiger partial charge >= 0.3 is 14.3 Å². The summed E-state index contributed by atoms with van der Waals surface area (Å²) in [6.07, 6.45) is -0.321. The molecule has 2 heterocycles. The number of H-pyrrole nitrogens is 1. The van der Waals surface area contributed by atoms with Crippen molar-refractivity contribution in [3.05, 3.63) is 32.9 Å². The average molecular weight is 417 g/mol. The molecule has 1 aliphatic heterocycles. The molecule has 1 fully saturated rings. The molecule has 0 aromatic carbocycles. The molecule has 0 radical (unpaired) electrons. The molecule has 1 aliphatic rings. The Morgan fingerprint density at radius 1 is 1.35 bits per heavy atom. The molecule has 1 aromatic rings. The third-order valence-corrected chi connectivity index (χ3v) is 4.50. The van der Waals surface area contributed by atoms with Crippen LogP contribution in [0.5, 0.6) is 0 Å². The fourth-order valence-corrected chi connectivity index (χ4v) is 3.14. The van der Waals surface area contributed by atoms with Gasteiger partial charge in [0, 0.05) is 12.8 Å². The second kappa shape index (κ2) is 11.8. The smallest absolute Gasteiger partial charge is 0.332 e. The zero-order valence-electron chi connectivity index (χ0n) is 14.7. The minimum Gasteiger partial charge on any atom is -0.388 e. The van der Waals surface area contributed by atoms with Gasteiger partial charge in [0.2, 0.25) is 5.82 Å². The molecule has 2 N–H and O–H groups in total. The van der Waals surface area contributed by atoms with E-state index in [4.69, 9.17) is 18.3 Å². The van der Waals surface area contributed by atoms with Gasteiger partial charge in [0.25, 0.3) is 5.56 Å². The lowest BCUT2D eigenvalue weighted by molar-refractivity contribution is -0.0525. The standard InChI is InChI=1S/C13H20FN2O7P.CH3Cl/c1-3-20-24(21-4-2)22-7-8-5-10(17)12(23-8)16-6-9(14)11(18)15-13(16)19;1-2/h6,8,10,12,17H,3-5,7H2,1-2H3,(H,15,18,19);1H3. The zero-order chi connectivity index (χ0) is 19.7. The van der Waals surface area contributed by atoms with Crippen LogP contribution in [-0.2, 0) is 18.3 Å². The molecule has 0 spiro atoms. The quantitative estimate of drug-likeness (QED) is 0.487. The van der Waals surface area contributed by atoms with Crippen molar-refractivity contribution in [3.63, 3.8) is 0 Å². The van der Waals surface area contributed by atoms with Gasteiger partial charge in [-0.25, -0.2) is 4.79 Å². The third kappa shape index (κ3) is 6.38. The predicted octanol–water partition coefficient (Wildman–Crippen LogP) is 1.50.